The average molecular weight is 413 g/mol. The average Bonchev–Trinajstić information content (AvgIpc) is 3.30. The molecule has 1 fully saturated rings. The van der Waals surface area contributed by atoms with Crippen molar-refractivity contribution < 1.29 is 14.0 Å². The van der Waals surface area contributed by atoms with Crippen LogP contribution in [-0.4, -0.2) is 71.8 Å². The second kappa shape index (κ2) is 7.96. The van der Waals surface area contributed by atoms with Crippen LogP contribution in [-0.2, 0) is 6.54 Å². The second-order valence-corrected chi connectivity index (χ2v) is 8.52. The Bertz CT molecular complexity index is 1010. The fourth-order valence-corrected chi connectivity index (χ4v) is 4.59. The molecule has 0 saturated carbocycles. The number of amides is 2. The smallest absolute Gasteiger partial charge is 0.289 e. The summed E-state index contributed by atoms with van der Waals surface area (Å²) in [5.41, 5.74) is 1.51. The van der Waals surface area contributed by atoms with Crippen molar-refractivity contribution in [1.29, 1.82) is 0 Å². The summed E-state index contributed by atoms with van der Waals surface area (Å²) in [5, 5.41) is 1.88. The number of hydrogen-bond acceptors (Lipinski definition) is 6. The zero-order chi connectivity index (χ0) is 20.5. The predicted octanol–water partition coefficient (Wildman–Crippen LogP) is 2.86. The third-order valence-electron chi connectivity index (χ3n) is 5.10. The third-order valence-corrected chi connectivity index (χ3v) is 6.23. The van der Waals surface area contributed by atoms with Gasteiger partial charge in [0.05, 0.1) is 12.2 Å². The van der Waals surface area contributed by atoms with Crippen molar-refractivity contribution in [3.63, 3.8) is 0 Å². The highest BCUT2D eigenvalue weighted by Crippen LogP contribution is 2.23. The molecule has 3 aromatic rings. The Morgan fingerprint density at radius 3 is 2.59 bits per heavy atom. The molecule has 7 nitrogen and oxygen atoms in total. The Hall–Kier alpha value is -2.71. The minimum Gasteiger partial charge on any atom is -0.451 e. The summed E-state index contributed by atoms with van der Waals surface area (Å²) in [4.78, 5) is 35.9. The molecule has 1 aliphatic rings. The van der Waals surface area contributed by atoms with E-state index in [0.717, 1.165) is 34.8 Å². The number of carbonyl (C=O) groups excluding carboxylic acids is 2. The zero-order valence-corrected chi connectivity index (χ0v) is 17.7. The number of nitrogens with zero attached hydrogens (tertiary/aromatic N) is 4. The molecule has 2 aromatic heterocycles. The van der Waals surface area contributed by atoms with Gasteiger partial charge in [0.1, 0.15) is 15.5 Å². The van der Waals surface area contributed by atoms with Gasteiger partial charge in [-0.15, -0.1) is 11.3 Å². The lowest BCUT2D eigenvalue weighted by Crippen LogP contribution is -2.48. The number of aryl methyl sites for hydroxylation is 1. The summed E-state index contributed by atoms with van der Waals surface area (Å²) in [6.07, 6.45) is 0. The Balaban J connectivity index is 1.36. The SMILES string of the molecule is Cc1nc(CN2CCN(C(=O)c3cc4ccccc4o3)CC2)sc1C(=O)N(C)C. The highest BCUT2D eigenvalue weighted by Gasteiger charge is 2.25. The van der Waals surface area contributed by atoms with Gasteiger partial charge in [-0.1, -0.05) is 18.2 Å². The monoisotopic (exact) mass is 412 g/mol. The number of rotatable bonds is 4. The molecule has 1 saturated heterocycles. The number of para-hydroxylation sites is 1. The maximum Gasteiger partial charge on any atom is 0.289 e. The largest absolute Gasteiger partial charge is 0.451 e. The maximum atomic E-state index is 12.8. The first kappa shape index (κ1) is 19.6. The summed E-state index contributed by atoms with van der Waals surface area (Å²) < 4.78 is 5.71. The molecular weight excluding hydrogens is 388 g/mol. The van der Waals surface area contributed by atoms with Crippen LogP contribution in [0.5, 0.6) is 0 Å². The van der Waals surface area contributed by atoms with Gasteiger partial charge in [0.15, 0.2) is 5.76 Å². The molecule has 0 unspecified atom stereocenters. The van der Waals surface area contributed by atoms with Gasteiger partial charge in [0.25, 0.3) is 11.8 Å². The van der Waals surface area contributed by atoms with Crippen molar-refractivity contribution in [3.8, 4) is 0 Å². The van der Waals surface area contributed by atoms with Gasteiger partial charge in [-0.2, -0.15) is 0 Å². The first-order valence-corrected chi connectivity index (χ1v) is 10.4. The molecular formula is C21H24N4O3S. The lowest BCUT2D eigenvalue weighted by atomic mass is 10.2. The van der Waals surface area contributed by atoms with Crippen LogP contribution >= 0.6 is 11.3 Å². The van der Waals surface area contributed by atoms with E-state index in [9.17, 15) is 9.59 Å². The van der Waals surface area contributed by atoms with Crippen LogP contribution in [0.2, 0.25) is 0 Å². The molecule has 1 aliphatic heterocycles. The topological polar surface area (TPSA) is 69.9 Å². The van der Waals surface area contributed by atoms with E-state index in [1.54, 1.807) is 19.0 Å². The standard InChI is InChI=1S/C21H24N4O3S/c1-14-19(21(27)23(2)3)29-18(22-14)13-24-8-10-25(11-9-24)20(26)17-12-15-6-4-5-7-16(15)28-17/h4-7,12H,8-11,13H2,1-3H3. The van der Waals surface area contributed by atoms with Crippen LogP contribution < -0.4 is 0 Å². The third kappa shape index (κ3) is 4.04. The van der Waals surface area contributed by atoms with Crippen LogP contribution in [0.1, 0.15) is 30.9 Å². The lowest BCUT2D eigenvalue weighted by molar-refractivity contribution is 0.0600. The summed E-state index contributed by atoms with van der Waals surface area (Å²) in [6.45, 7) is 5.39. The fraction of sp³-hybridized carbons (Fsp3) is 0.381. The Morgan fingerprint density at radius 2 is 1.90 bits per heavy atom. The van der Waals surface area contributed by atoms with Gasteiger partial charge in [0, 0.05) is 45.7 Å². The number of hydrogen-bond donors (Lipinski definition) is 0. The van der Waals surface area contributed by atoms with Gasteiger partial charge in [-0.3, -0.25) is 14.5 Å². The van der Waals surface area contributed by atoms with Gasteiger partial charge in [0.2, 0.25) is 0 Å². The number of fused-ring (bicyclic) bond motifs is 1. The van der Waals surface area contributed by atoms with Crippen LogP contribution in [0, 0.1) is 6.92 Å². The highest BCUT2D eigenvalue weighted by atomic mass is 32.1. The van der Waals surface area contributed by atoms with Crippen molar-refractivity contribution in [1.82, 2.24) is 19.7 Å². The molecule has 0 spiro atoms. The van der Waals surface area contributed by atoms with Crippen LogP contribution in [0.25, 0.3) is 11.0 Å². The number of furan rings is 1. The van der Waals surface area contributed by atoms with E-state index >= 15 is 0 Å². The van der Waals surface area contributed by atoms with Gasteiger partial charge < -0.3 is 14.2 Å². The highest BCUT2D eigenvalue weighted by molar-refractivity contribution is 7.13. The van der Waals surface area contributed by atoms with Crippen molar-refractivity contribution in [3.05, 3.63) is 51.7 Å². The van der Waals surface area contributed by atoms with Crippen LogP contribution in [0.3, 0.4) is 0 Å². The molecule has 0 radical (unpaired) electrons. The number of aromatic nitrogens is 1. The van der Waals surface area contributed by atoms with Crippen molar-refractivity contribution in [2.24, 2.45) is 0 Å². The molecule has 152 valence electrons. The first-order valence-electron chi connectivity index (χ1n) is 9.60. The van der Waals surface area contributed by atoms with Crippen molar-refractivity contribution >= 4 is 34.1 Å². The molecule has 3 heterocycles. The van der Waals surface area contributed by atoms with Crippen molar-refractivity contribution in [2.45, 2.75) is 13.5 Å². The van der Waals surface area contributed by atoms with Crippen molar-refractivity contribution in [2.75, 3.05) is 40.3 Å². The van der Waals surface area contributed by atoms with Gasteiger partial charge in [-0.25, -0.2) is 4.98 Å². The number of benzene rings is 1. The minimum absolute atomic E-state index is 0.00694. The predicted molar refractivity (Wildman–Crippen MR) is 112 cm³/mol. The number of thiazole rings is 1. The molecule has 29 heavy (non-hydrogen) atoms. The van der Waals surface area contributed by atoms with Gasteiger partial charge in [-0.05, 0) is 19.1 Å². The molecule has 8 heteroatoms. The minimum atomic E-state index is -0.0650. The Kier molecular flexibility index (Phi) is 5.38. The van der Waals surface area contributed by atoms with E-state index in [4.69, 9.17) is 4.42 Å². The Morgan fingerprint density at radius 1 is 1.17 bits per heavy atom. The summed E-state index contributed by atoms with van der Waals surface area (Å²) in [5.74, 6) is 0.319. The number of carbonyl (C=O) groups is 2. The molecule has 0 atom stereocenters. The van der Waals surface area contributed by atoms with E-state index in [-0.39, 0.29) is 11.8 Å². The number of piperazine rings is 1. The Labute approximate surface area is 173 Å². The quantitative estimate of drug-likeness (QED) is 0.659. The van der Waals surface area contributed by atoms with E-state index in [1.807, 2.05) is 42.2 Å². The molecule has 0 aliphatic carbocycles. The molecule has 4 rings (SSSR count). The molecule has 0 bridgehead atoms. The van der Waals surface area contributed by atoms with Crippen LogP contribution in [0.15, 0.2) is 34.7 Å². The normalized spacial score (nSPS) is 15.1. The second-order valence-electron chi connectivity index (χ2n) is 7.44. The molecule has 2 amide bonds. The molecule has 1 aromatic carbocycles. The van der Waals surface area contributed by atoms with E-state index in [1.165, 1.54) is 11.3 Å². The summed E-state index contributed by atoms with van der Waals surface area (Å²) >= 11 is 1.46. The summed E-state index contributed by atoms with van der Waals surface area (Å²) in [7, 11) is 3.50. The van der Waals surface area contributed by atoms with E-state index < -0.39 is 0 Å². The first-order chi connectivity index (χ1) is 13.9. The zero-order valence-electron chi connectivity index (χ0n) is 16.8. The van der Waals surface area contributed by atoms with E-state index in [0.29, 0.717) is 30.3 Å². The van der Waals surface area contributed by atoms with E-state index in [2.05, 4.69) is 9.88 Å². The molecule has 0 N–H and O–H groups in total. The summed E-state index contributed by atoms with van der Waals surface area (Å²) in [6, 6.07) is 9.46. The van der Waals surface area contributed by atoms with Crippen LogP contribution in [0.4, 0.5) is 0 Å². The van der Waals surface area contributed by atoms with Gasteiger partial charge >= 0.3 is 0 Å². The maximum absolute atomic E-state index is 12.8. The fourth-order valence-electron chi connectivity index (χ4n) is 3.46. The lowest BCUT2D eigenvalue weighted by Gasteiger charge is -2.33.